The molecule has 0 fully saturated rings. The van der Waals surface area contributed by atoms with Gasteiger partial charge in [0.25, 0.3) is 0 Å². The van der Waals surface area contributed by atoms with E-state index < -0.39 is 0 Å². The molecule has 174 valence electrons. The van der Waals surface area contributed by atoms with Crippen molar-refractivity contribution in [1.29, 1.82) is 0 Å². The first-order chi connectivity index (χ1) is 16.4. The smallest absolute Gasteiger partial charge is 0.185 e. The number of carbonyl (C=O) groups excluding carboxylic acids is 1. The highest BCUT2D eigenvalue weighted by Gasteiger charge is 2.13. The Kier molecular flexibility index (Phi) is 8.26. The number of ketones is 1. The summed E-state index contributed by atoms with van der Waals surface area (Å²) in [5.74, 6) is -0.302. The lowest BCUT2D eigenvalue weighted by Crippen LogP contribution is -2.06. The molecule has 0 saturated carbocycles. The van der Waals surface area contributed by atoms with Gasteiger partial charge in [0.1, 0.15) is 11.5 Å². The minimum atomic E-state index is -0.375. The summed E-state index contributed by atoms with van der Waals surface area (Å²) in [5, 5.41) is 39.6. The van der Waals surface area contributed by atoms with Gasteiger partial charge in [-0.2, -0.15) is 0 Å². The molecule has 34 heavy (non-hydrogen) atoms. The molecule has 3 aromatic carbocycles. The van der Waals surface area contributed by atoms with Gasteiger partial charge in [-0.3, -0.25) is 4.79 Å². The van der Waals surface area contributed by atoms with Crippen LogP contribution in [0, 0.1) is 0 Å². The molecule has 0 spiro atoms. The minimum Gasteiger partial charge on any atom is -0.508 e. The maximum atomic E-state index is 13.1. The summed E-state index contributed by atoms with van der Waals surface area (Å²) in [7, 11) is 1.44. The predicted octanol–water partition coefficient (Wildman–Crippen LogP) is 4.95. The number of ether oxygens (including phenoxy) is 1. The number of phenols is 2. The highest BCUT2D eigenvalue weighted by Crippen LogP contribution is 2.27. The Labute approximate surface area is 198 Å². The van der Waals surface area contributed by atoms with Gasteiger partial charge in [-0.05, 0) is 53.1 Å². The summed E-state index contributed by atoms with van der Waals surface area (Å²) in [4.78, 5) is 13.1. The lowest BCUT2D eigenvalue weighted by molar-refractivity contribution is -0.111. The summed E-state index contributed by atoms with van der Waals surface area (Å²) in [5.41, 5.74) is 2.71. The maximum Gasteiger partial charge on any atom is 0.185 e. The molecule has 4 N–H and O–H groups in total. The van der Waals surface area contributed by atoms with Crippen molar-refractivity contribution in [3.8, 4) is 17.2 Å². The largest absolute Gasteiger partial charge is 0.508 e. The Morgan fingerprint density at radius 1 is 0.882 bits per heavy atom. The standard InChI is InChI=1S/C28H26O6/c1-34-28-17-21(10-14-27(28)33)9-13-26(32)23(16-19-5-3-2-4-6-19)25(31)12-8-20-7-11-24(30)22(15-20)18-29/h2-15,17,29-31,33H,16,18H2,1H3/b12-8+,13-9+,25-23?. The van der Waals surface area contributed by atoms with Crippen LogP contribution >= 0.6 is 0 Å². The van der Waals surface area contributed by atoms with E-state index in [0.29, 0.717) is 16.7 Å². The molecule has 6 nitrogen and oxygen atoms in total. The molecule has 0 heterocycles. The minimum absolute atomic E-state index is 0.00277. The van der Waals surface area contributed by atoms with Crippen molar-refractivity contribution in [3.63, 3.8) is 0 Å². The van der Waals surface area contributed by atoms with Gasteiger partial charge < -0.3 is 25.2 Å². The van der Waals surface area contributed by atoms with Gasteiger partial charge in [0.2, 0.25) is 0 Å². The molecule has 0 atom stereocenters. The fourth-order valence-corrected chi connectivity index (χ4v) is 3.29. The van der Waals surface area contributed by atoms with Crippen molar-refractivity contribution in [3.05, 3.63) is 112 Å². The van der Waals surface area contributed by atoms with E-state index in [2.05, 4.69) is 0 Å². The van der Waals surface area contributed by atoms with Crippen molar-refractivity contribution < 1.29 is 30.0 Å². The van der Waals surface area contributed by atoms with Crippen LogP contribution in [0.25, 0.3) is 12.2 Å². The molecule has 0 unspecified atom stereocenters. The van der Waals surface area contributed by atoms with Crippen LogP contribution < -0.4 is 4.74 Å². The monoisotopic (exact) mass is 458 g/mol. The van der Waals surface area contributed by atoms with Crippen LogP contribution in [0.5, 0.6) is 17.2 Å². The van der Waals surface area contributed by atoms with Crippen LogP contribution in [0.2, 0.25) is 0 Å². The van der Waals surface area contributed by atoms with Gasteiger partial charge in [-0.25, -0.2) is 0 Å². The van der Waals surface area contributed by atoms with E-state index in [4.69, 9.17) is 4.74 Å². The highest BCUT2D eigenvalue weighted by molar-refractivity contribution is 6.07. The molecule has 0 aliphatic heterocycles. The summed E-state index contributed by atoms with van der Waals surface area (Å²) in [6, 6.07) is 18.7. The first-order valence-corrected chi connectivity index (χ1v) is 10.6. The molecule has 0 radical (unpaired) electrons. The molecule has 0 aromatic heterocycles. The third-order valence-electron chi connectivity index (χ3n) is 5.17. The van der Waals surface area contributed by atoms with E-state index in [1.165, 1.54) is 31.4 Å². The van der Waals surface area contributed by atoms with E-state index in [9.17, 15) is 25.2 Å². The van der Waals surface area contributed by atoms with Gasteiger partial charge in [-0.1, -0.05) is 54.6 Å². The SMILES string of the molecule is COc1cc(/C=C/C(=O)C(Cc2ccccc2)=C(O)/C=C/c2ccc(O)c(CO)c2)ccc1O. The van der Waals surface area contributed by atoms with Crippen LogP contribution in [0.15, 0.2) is 90.2 Å². The van der Waals surface area contributed by atoms with E-state index in [1.807, 2.05) is 30.3 Å². The van der Waals surface area contributed by atoms with E-state index in [0.717, 1.165) is 5.56 Å². The second kappa shape index (κ2) is 11.5. The molecule has 0 saturated heterocycles. The number of phenolic OH excluding ortho intramolecular Hbond substituents is 1. The molecule has 6 heteroatoms. The number of aromatic hydroxyl groups is 2. The Morgan fingerprint density at radius 2 is 1.53 bits per heavy atom. The first kappa shape index (κ1) is 24.4. The predicted molar refractivity (Wildman–Crippen MR) is 132 cm³/mol. The topological polar surface area (TPSA) is 107 Å². The van der Waals surface area contributed by atoms with Crippen LogP contribution in [-0.2, 0) is 17.8 Å². The summed E-state index contributed by atoms with van der Waals surface area (Å²) < 4.78 is 5.10. The number of hydrogen-bond donors (Lipinski definition) is 4. The lowest BCUT2D eigenvalue weighted by atomic mass is 9.98. The lowest BCUT2D eigenvalue weighted by Gasteiger charge is -2.07. The second-order valence-electron chi connectivity index (χ2n) is 7.53. The van der Waals surface area contributed by atoms with E-state index in [1.54, 1.807) is 36.4 Å². The third-order valence-corrected chi connectivity index (χ3v) is 5.17. The Hall–Kier alpha value is -4.29. The fourth-order valence-electron chi connectivity index (χ4n) is 3.29. The number of methoxy groups -OCH3 is 1. The van der Waals surface area contributed by atoms with Crippen molar-refractivity contribution >= 4 is 17.9 Å². The molecule has 3 rings (SSSR count). The first-order valence-electron chi connectivity index (χ1n) is 10.6. The van der Waals surface area contributed by atoms with Crippen LogP contribution in [0.3, 0.4) is 0 Å². The highest BCUT2D eigenvalue weighted by atomic mass is 16.5. The molecular weight excluding hydrogens is 432 g/mol. The van der Waals surface area contributed by atoms with Crippen molar-refractivity contribution in [2.45, 2.75) is 13.0 Å². The Balaban J connectivity index is 1.92. The number of rotatable bonds is 9. The summed E-state index contributed by atoms with van der Waals surface area (Å²) in [6.45, 7) is -0.320. The summed E-state index contributed by atoms with van der Waals surface area (Å²) >= 11 is 0. The van der Waals surface area contributed by atoms with Gasteiger partial charge in [-0.15, -0.1) is 0 Å². The van der Waals surface area contributed by atoms with Crippen molar-refractivity contribution in [2.24, 2.45) is 0 Å². The van der Waals surface area contributed by atoms with E-state index >= 15 is 0 Å². The van der Waals surface area contributed by atoms with Gasteiger partial charge in [0.15, 0.2) is 17.3 Å². The number of allylic oxidation sites excluding steroid dienone is 3. The van der Waals surface area contributed by atoms with Crippen LogP contribution in [0.4, 0.5) is 0 Å². The van der Waals surface area contributed by atoms with Crippen LogP contribution in [-0.4, -0.2) is 33.3 Å². The zero-order valence-electron chi connectivity index (χ0n) is 18.7. The molecule has 0 aliphatic carbocycles. The number of aliphatic hydroxyl groups is 2. The van der Waals surface area contributed by atoms with Gasteiger partial charge in [0.05, 0.1) is 13.7 Å². The van der Waals surface area contributed by atoms with Crippen LogP contribution in [0.1, 0.15) is 22.3 Å². The van der Waals surface area contributed by atoms with Crippen molar-refractivity contribution in [2.75, 3.05) is 7.11 Å². The Bertz CT molecular complexity index is 1240. The van der Waals surface area contributed by atoms with Crippen molar-refractivity contribution in [1.82, 2.24) is 0 Å². The molecule has 0 aliphatic rings. The van der Waals surface area contributed by atoms with Gasteiger partial charge >= 0.3 is 0 Å². The van der Waals surface area contributed by atoms with Gasteiger partial charge in [0, 0.05) is 17.6 Å². The normalized spacial score (nSPS) is 12.2. The molecule has 3 aromatic rings. The molecule has 0 bridgehead atoms. The average Bonchev–Trinajstić information content (AvgIpc) is 2.86. The summed E-state index contributed by atoms with van der Waals surface area (Å²) in [6.07, 6.45) is 6.18. The average molecular weight is 459 g/mol. The zero-order valence-corrected chi connectivity index (χ0v) is 18.7. The van der Waals surface area contributed by atoms with E-state index in [-0.39, 0.29) is 47.4 Å². The number of aliphatic hydroxyl groups excluding tert-OH is 2. The zero-order chi connectivity index (χ0) is 24.5. The third kappa shape index (κ3) is 6.37. The molecular formula is C28H26O6. The number of benzene rings is 3. The Morgan fingerprint density at radius 3 is 2.21 bits per heavy atom. The quantitative estimate of drug-likeness (QED) is 0.205. The maximum absolute atomic E-state index is 13.1. The molecule has 0 amide bonds. The fraction of sp³-hybridized carbons (Fsp3) is 0.107. The second-order valence-corrected chi connectivity index (χ2v) is 7.53. The number of carbonyl (C=O) groups is 1. The number of hydrogen-bond acceptors (Lipinski definition) is 6.